The van der Waals surface area contributed by atoms with E-state index in [-0.39, 0.29) is 37.3 Å². The summed E-state index contributed by atoms with van der Waals surface area (Å²) in [5, 5.41) is 11.1. The van der Waals surface area contributed by atoms with Crippen molar-refractivity contribution < 1.29 is 14.6 Å². The number of aliphatic hydroxyl groups excluding tert-OH is 1. The van der Waals surface area contributed by atoms with Gasteiger partial charge in [0.25, 0.3) is 0 Å². The van der Waals surface area contributed by atoms with E-state index in [0.717, 1.165) is 11.1 Å². The molecule has 1 aliphatic rings. The molecule has 26 heavy (non-hydrogen) atoms. The average molecular weight is 394 g/mol. The highest BCUT2D eigenvalue weighted by Gasteiger charge is 2.41. The molecule has 1 aliphatic heterocycles. The van der Waals surface area contributed by atoms with Crippen LogP contribution in [0.15, 0.2) is 48.5 Å². The van der Waals surface area contributed by atoms with E-state index in [4.69, 9.17) is 27.9 Å². The highest BCUT2D eigenvalue weighted by atomic mass is 35.5. The molecule has 3 unspecified atom stereocenters. The molecule has 1 heterocycles. The van der Waals surface area contributed by atoms with Crippen LogP contribution in [0.5, 0.6) is 0 Å². The molecule has 2 aromatic rings. The first-order valence-electron chi connectivity index (χ1n) is 8.59. The molecule has 1 saturated heterocycles. The summed E-state index contributed by atoms with van der Waals surface area (Å²) >= 11 is 12.2. The number of ether oxygens (including phenoxy) is 1. The first-order valence-corrected chi connectivity index (χ1v) is 9.35. The van der Waals surface area contributed by atoms with Crippen LogP contribution >= 0.6 is 23.2 Å². The van der Waals surface area contributed by atoms with Crippen molar-refractivity contribution in [2.45, 2.75) is 31.5 Å². The molecule has 3 atom stereocenters. The summed E-state index contributed by atoms with van der Waals surface area (Å²) in [5.74, 6) is -0.135. The molecule has 1 N–H and O–H groups in total. The molecule has 0 saturated carbocycles. The third kappa shape index (κ3) is 3.89. The van der Waals surface area contributed by atoms with E-state index in [9.17, 15) is 9.90 Å². The summed E-state index contributed by atoms with van der Waals surface area (Å²) in [7, 11) is 0. The zero-order valence-electron chi connectivity index (χ0n) is 14.4. The van der Waals surface area contributed by atoms with Gasteiger partial charge >= 0.3 is 0 Å². The number of hydrogen-bond acceptors (Lipinski definition) is 3. The van der Waals surface area contributed by atoms with Gasteiger partial charge in [0.05, 0.1) is 18.7 Å². The average Bonchev–Trinajstić information content (AvgIpc) is 2.64. The van der Waals surface area contributed by atoms with Crippen LogP contribution in [-0.2, 0) is 9.53 Å². The minimum atomic E-state index is -0.381. The number of aliphatic hydroxyl groups is 1. The molecule has 0 bridgehead atoms. The van der Waals surface area contributed by atoms with Crippen molar-refractivity contribution in [1.29, 1.82) is 0 Å². The minimum Gasteiger partial charge on any atom is -0.394 e. The SMILES string of the molecule is CCC(CO)N1C(=O)COC(c2cccc(Cl)c2)C1c1ccc(Cl)cc1. The van der Waals surface area contributed by atoms with Crippen LogP contribution in [0.1, 0.15) is 36.6 Å². The first-order chi connectivity index (χ1) is 12.5. The lowest BCUT2D eigenvalue weighted by molar-refractivity contribution is -0.165. The second-order valence-electron chi connectivity index (χ2n) is 6.33. The van der Waals surface area contributed by atoms with Crippen molar-refractivity contribution in [3.8, 4) is 0 Å². The largest absolute Gasteiger partial charge is 0.394 e. The maximum Gasteiger partial charge on any atom is 0.249 e. The molecule has 138 valence electrons. The van der Waals surface area contributed by atoms with Crippen LogP contribution in [0.3, 0.4) is 0 Å². The number of carbonyl (C=O) groups excluding carboxylic acids is 1. The zero-order valence-corrected chi connectivity index (χ0v) is 16.0. The number of amides is 1. The molecule has 0 aromatic heterocycles. The van der Waals surface area contributed by atoms with Gasteiger partial charge in [-0.15, -0.1) is 0 Å². The fourth-order valence-corrected chi connectivity index (χ4v) is 3.75. The lowest BCUT2D eigenvalue weighted by Crippen LogP contribution is -2.51. The second-order valence-corrected chi connectivity index (χ2v) is 7.20. The fourth-order valence-electron chi connectivity index (χ4n) is 3.43. The Morgan fingerprint density at radius 3 is 2.50 bits per heavy atom. The monoisotopic (exact) mass is 393 g/mol. The second kappa shape index (κ2) is 8.40. The normalized spacial score (nSPS) is 21.7. The molecular formula is C20H21Cl2NO3. The van der Waals surface area contributed by atoms with Crippen molar-refractivity contribution in [2.24, 2.45) is 0 Å². The molecule has 2 aromatic carbocycles. The Morgan fingerprint density at radius 1 is 1.15 bits per heavy atom. The lowest BCUT2D eigenvalue weighted by Gasteiger charge is -2.45. The van der Waals surface area contributed by atoms with E-state index in [1.54, 1.807) is 23.1 Å². The summed E-state index contributed by atoms with van der Waals surface area (Å²) in [6, 6.07) is 14.2. The summed E-state index contributed by atoms with van der Waals surface area (Å²) in [4.78, 5) is 14.4. The maximum atomic E-state index is 12.7. The first kappa shape index (κ1) is 19.2. The van der Waals surface area contributed by atoms with Crippen LogP contribution in [0, 0.1) is 0 Å². The van der Waals surface area contributed by atoms with Gasteiger partial charge in [-0.3, -0.25) is 4.79 Å². The van der Waals surface area contributed by atoms with Crippen molar-refractivity contribution >= 4 is 29.1 Å². The summed E-state index contributed by atoms with van der Waals surface area (Å²) in [6.45, 7) is 1.82. The van der Waals surface area contributed by atoms with E-state index >= 15 is 0 Å². The van der Waals surface area contributed by atoms with Crippen LogP contribution in [0.25, 0.3) is 0 Å². The standard InChI is InChI=1S/C20H21Cl2NO3/c1-2-17(11-24)23-18(25)12-26-20(14-4-3-5-16(22)10-14)19(23)13-6-8-15(21)9-7-13/h3-10,17,19-20,24H,2,11-12H2,1H3. The quantitative estimate of drug-likeness (QED) is 0.818. The number of morpholine rings is 1. The van der Waals surface area contributed by atoms with E-state index in [1.165, 1.54) is 0 Å². The molecule has 1 amide bonds. The van der Waals surface area contributed by atoms with Gasteiger partial charge in [-0.05, 0) is 41.8 Å². The Bertz CT molecular complexity index is 762. The number of rotatable bonds is 5. The fraction of sp³-hybridized carbons (Fsp3) is 0.350. The molecule has 4 nitrogen and oxygen atoms in total. The van der Waals surface area contributed by atoms with E-state index in [2.05, 4.69) is 0 Å². The van der Waals surface area contributed by atoms with Crippen LogP contribution in [0.2, 0.25) is 10.0 Å². The van der Waals surface area contributed by atoms with Crippen LogP contribution in [-0.4, -0.2) is 35.2 Å². The molecule has 1 fully saturated rings. The minimum absolute atomic E-state index is 0.0300. The summed E-state index contributed by atoms with van der Waals surface area (Å²) in [5.41, 5.74) is 1.79. The number of halogens is 2. The molecule has 0 radical (unpaired) electrons. The number of carbonyl (C=O) groups is 1. The van der Waals surface area contributed by atoms with E-state index < -0.39 is 0 Å². The van der Waals surface area contributed by atoms with Gasteiger partial charge in [0.2, 0.25) is 5.91 Å². The Labute approximate surface area is 163 Å². The number of hydrogen-bond donors (Lipinski definition) is 1. The zero-order chi connectivity index (χ0) is 18.7. The van der Waals surface area contributed by atoms with Crippen LogP contribution < -0.4 is 0 Å². The number of nitrogens with zero attached hydrogens (tertiary/aromatic N) is 1. The van der Waals surface area contributed by atoms with Gasteiger partial charge in [-0.2, -0.15) is 0 Å². The Balaban J connectivity index is 2.09. The molecule has 0 aliphatic carbocycles. The van der Waals surface area contributed by atoms with Gasteiger partial charge in [0, 0.05) is 10.0 Å². The molecule has 3 rings (SSSR count). The molecule has 6 heteroatoms. The van der Waals surface area contributed by atoms with Crippen molar-refractivity contribution in [3.63, 3.8) is 0 Å². The third-order valence-electron chi connectivity index (χ3n) is 4.72. The predicted octanol–water partition coefficient (Wildman–Crippen LogP) is 4.41. The highest BCUT2D eigenvalue weighted by Crippen LogP contribution is 2.42. The van der Waals surface area contributed by atoms with E-state index in [0.29, 0.717) is 16.5 Å². The lowest BCUT2D eigenvalue weighted by atomic mass is 9.91. The van der Waals surface area contributed by atoms with Gasteiger partial charge in [0.1, 0.15) is 12.7 Å². The van der Waals surface area contributed by atoms with Crippen LogP contribution in [0.4, 0.5) is 0 Å². The Morgan fingerprint density at radius 2 is 1.88 bits per heavy atom. The van der Waals surface area contributed by atoms with Gasteiger partial charge in [0.15, 0.2) is 0 Å². The smallest absolute Gasteiger partial charge is 0.249 e. The molecule has 0 spiro atoms. The van der Waals surface area contributed by atoms with Gasteiger partial charge < -0.3 is 14.7 Å². The third-order valence-corrected chi connectivity index (χ3v) is 5.21. The Hall–Kier alpha value is -1.59. The predicted molar refractivity (Wildman–Crippen MR) is 102 cm³/mol. The summed E-state index contributed by atoms with van der Waals surface area (Å²) < 4.78 is 5.93. The molecular weight excluding hydrogens is 373 g/mol. The van der Waals surface area contributed by atoms with Crippen molar-refractivity contribution in [2.75, 3.05) is 13.2 Å². The van der Waals surface area contributed by atoms with Crippen molar-refractivity contribution in [1.82, 2.24) is 4.90 Å². The van der Waals surface area contributed by atoms with Crippen molar-refractivity contribution in [3.05, 3.63) is 69.7 Å². The highest BCUT2D eigenvalue weighted by molar-refractivity contribution is 6.30. The van der Waals surface area contributed by atoms with Gasteiger partial charge in [-0.1, -0.05) is 54.4 Å². The Kier molecular flexibility index (Phi) is 6.20. The topological polar surface area (TPSA) is 49.8 Å². The van der Waals surface area contributed by atoms with E-state index in [1.807, 2.05) is 37.3 Å². The van der Waals surface area contributed by atoms with Gasteiger partial charge in [-0.25, -0.2) is 0 Å². The number of benzene rings is 2. The maximum absolute atomic E-state index is 12.7. The summed E-state index contributed by atoms with van der Waals surface area (Å²) in [6.07, 6.45) is 0.266.